The highest BCUT2D eigenvalue weighted by Crippen LogP contribution is 2.19. The van der Waals surface area contributed by atoms with Gasteiger partial charge in [0.1, 0.15) is 0 Å². The van der Waals surface area contributed by atoms with Crippen molar-refractivity contribution in [3.05, 3.63) is 12.2 Å². The molecule has 14 heavy (non-hydrogen) atoms. The first-order valence-corrected chi connectivity index (χ1v) is 6.85. The molecule has 0 heterocycles. The van der Waals surface area contributed by atoms with Crippen molar-refractivity contribution in [1.29, 1.82) is 0 Å². The zero-order valence-corrected chi connectivity index (χ0v) is 10.3. The highest BCUT2D eigenvalue weighted by atomic mass is 32.2. The lowest BCUT2D eigenvalue weighted by atomic mass is 10.2. The zero-order chi connectivity index (χ0) is 10.4. The standard InChI is InChI=1S/C12H23NS/c1-4-10(2)8-14-9-11(3)7-13-12-5-6-12/h10,12-13H,3-9H2,1-2H3. The number of hydrogen-bond acceptors (Lipinski definition) is 2. The molecule has 0 radical (unpaired) electrons. The third kappa shape index (κ3) is 5.71. The zero-order valence-electron chi connectivity index (χ0n) is 9.51. The van der Waals surface area contributed by atoms with Gasteiger partial charge in [-0.3, -0.25) is 0 Å². The predicted octanol–water partition coefficient (Wildman–Crippen LogP) is 3.07. The minimum atomic E-state index is 0.811. The van der Waals surface area contributed by atoms with Gasteiger partial charge < -0.3 is 5.32 Å². The molecule has 1 aliphatic carbocycles. The van der Waals surface area contributed by atoms with Crippen molar-refractivity contribution in [3.63, 3.8) is 0 Å². The Kier molecular flexibility index (Phi) is 5.64. The molecule has 0 spiro atoms. The fraction of sp³-hybridized carbons (Fsp3) is 0.833. The van der Waals surface area contributed by atoms with Crippen LogP contribution in [0.25, 0.3) is 0 Å². The van der Waals surface area contributed by atoms with E-state index in [1.165, 1.54) is 30.6 Å². The number of hydrogen-bond donors (Lipinski definition) is 1. The van der Waals surface area contributed by atoms with E-state index in [1.54, 1.807) is 0 Å². The Balaban J connectivity index is 1.91. The van der Waals surface area contributed by atoms with Gasteiger partial charge in [-0.1, -0.05) is 32.4 Å². The van der Waals surface area contributed by atoms with E-state index in [2.05, 4.69) is 25.7 Å². The molecule has 82 valence electrons. The van der Waals surface area contributed by atoms with Crippen molar-refractivity contribution in [1.82, 2.24) is 5.32 Å². The molecule has 1 unspecified atom stereocenters. The van der Waals surface area contributed by atoms with Crippen molar-refractivity contribution in [2.24, 2.45) is 5.92 Å². The molecule has 1 N–H and O–H groups in total. The summed E-state index contributed by atoms with van der Waals surface area (Å²) in [5.74, 6) is 3.26. The molecular formula is C12H23NS. The van der Waals surface area contributed by atoms with E-state index in [4.69, 9.17) is 0 Å². The normalized spacial score (nSPS) is 18.1. The van der Waals surface area contributed by atoms with Crippen LogP contribution in [0, 0.1) is 5.92 Å². The van der Waals surface area contributed by atoms with Crippen molar-refractivity contribution >= 4 is 11.8 Å². The molecule has 0 bridgehead atoms. The maximum Gasteiger partial charge on any atom is 0.0172 e. The molecule has 1 aliphatic rings. The van der Waals surface area contributed by atoms with Gasteiger partial charge in [-0.25, -0.2) is 0 Å². The molecule has 0 aliphatic heterocycles. The minimum absolute atomic E-state index is 0.811. The molecule has 0 aromatic rings. The second kappa shape index (κ2) is 6.52. The monoisotopic (exact) mass is 213 g/mol. The maximum absolute atomic E-state index is 4.09. The van der Waals surface area contributed by atoms with Crippen LogP contribution in [-0.2, 0) is 0 Å². The first-order valence-electron chi connectivity index (χ1n) is 5.70. The molecule has 0 aromatic heterocycles. The number of nitrogens with one attached hydrogen (secondary N) is 1. The Morgan fingerprint density at radius 3 is 2.86 bits per heavy atom. The number of rotatable bonds is 8. The highest BCUT2D eigenvalue weighted by molar-refractivity contribution is 7.99. The molecular weight excluding hydrogens is 190 g/mol. The molecule has 0 saturated heterocycles. The molecule has 1 fully saturated rings. The van der Waals surface area contributed by atoms with Crippen molar-refractivity contribution < 1.29 is 0 Å². The molecule has 1 nitrogen and oxygen atoms in total. The summed E-state index contributed by atoms with van der Waals surface area (Å²) >= 11 is 2.03. The van der Waals surface area contributed by atoms with Crippen molar-refractivity contribution in [2.75, 3.05) is 18.1 Å². The Morgan fingerprint density at radius 2 is 2.29 bits per heavy atom. The average Bonchev–Trinajstić information content (AvgIpc) is 2.98. The first kappa shape index (κ1) is 12.1. The predicted molar refractivity (Wildman–Crippen MR) is 66.9 cm³/mol. The Bertz CT molecular complexity index is 175. The summed E-state index contributed by atoms with van der Waals surface area (Å²) in [6, 6.07) is 0.811. The fourth-order valence-electron chi connectivity index (χ4n) is 1.15. The second-order valence-corrected chi connectivity index (χ2v) is 5.46. The van der Waals surface area contributed by atoms with Crippen LogP contribution in [0.1, 0.15) is 33.1 Å². The molecule has 0 aromatic carbocycles. The van der Waals surface area contributed by atoms with Crippen LogP contribution in [0.3, 0.4) is 0 Å². The minimum Gasteiger partial charge on any atom is -0.310 e. The lowest BCUT2D eigenvalue weighted by Crippen LogP contribution is -2.19. The highest BCUT2D eigenvalue weighted by Gasteiger charge is 2.19. The van der Waals surface area contributed by atoms with Gasteiger partial charge in [0.25, 0.3) is 0 Å². The van der Waals surface area contributed by atoms with Gasteiger partial charge in [-0.05, 0) is 24.5 Å². The fourth-order valence-corrected chi connectivity index (χ4v) is 2.30. The summed E-state index contributed by atoms with van der Waals surface area (Å²) in [5, 5.41) is 3.50. The van der Waals surface area contributed by atoms with Crippen LogP contribution >= 0.6 is 11.8 Å². The summed E-state index contributed by atoms with van der Waals surface area (Å²) < 4.78 is 0. The smallest absolute Gasteiger partial charge is 0.0172 e. The topological polar surface area (TPSA) is 12.0 Å². The quantitative estimate of drug-likeness (QED) is 0.622. The number of thioether (sulfide) groups is 1. The van der Waals surface area contributed by atoms with Crippen molar-refractivity contribution in [3.8, 4) is 0 Å². The van der Waals surface area contributed by atoms with Crippen molar-refractivity contribution in [2.45, 2.75) is 39.2 Å². The van der Waals surface area contributed by atoms with E-state index in [-0.39, 0.29) is 0 Å². The Hall–Kier alpha value is 0.0500. The van der Waals surface area contributed by atoms with Gasteiger partial charge in [0.2, 0.25) is 0 Å². The molecule has 1 rings (SSSR count). The van der Waals surface area contributed by atoms with E-state index in [0.29, 0.717) is 0 Å². The van der Waals surface area contributed by atoms with Crippen LogP contribution in [0.15, 0.2) is 12.2 Å². The first-order chi connectivity index (χ1) is 6.72. The molecule has 1 atom stereocenters. The molecule has 0 amide bonds. The van der Waals surface area contributed by atoms with Crippen LogP contribution in [0.4, 0.5) is 0 Å². The lowest BCUT2D eigenvalue weighted by molar-refractivity contribution is 0.637. The van der Waals surface area contributed by atoms with Gasteiger partial charge in [-0.2, -0.15) is 11.8 Å². The van der Waals surface area contributed by atoms with Gasteiger partial charge in [0.05, 0.1) is 0 Å². The molecule has 2 heteroatoms. The van der Waals surface area contributed by atoms with Crippen LogP contribution in [0.2, 0.25) is 0 Å². The van der Waals surface area contributed by atoms with Gasteiger partial charge >= 0.3 is 0 Å². The SMILES string of the molecule is C=C(CNC1CC1)CSCC(C)CC. The van der Waals surface area contributed by atoms with Gasteiger partial charge in [-0.15, -0.1) is 0 Å². The van der Waals surface area contributed by atoms with Crippen LogP contribution < -0.4 is 5.32 Å². The summed E-state index contributed by atoms with van der Waals surface area (Å²) in [7, 11) is 0. The Labute approximate surface area is 92.7 Å². The largest absolute Gasteiger partial charge is 0.310 e. The van der Waals surface area contributed by atoms with E-state index >= 15 is 0 Å². The summed E-state index contributed by atoms with van der Waals surface area (Å²) in [6.07, 6.45) is 4.03. The van der Waals surface area contributed by atoms with Gasteiger partial charge in [0.15, 0.2) is 0 Å². The maximum atomic E-state index is 4.09. The Morgan fingerprint density at radius 1 is 1.57 bits per heavy atom. The average molecular weight is 213 g/mol. The third-order valence-corrected chi connectivity index (χ3v) is 4.04. The van der Waals surface area contributed by atoms with E-state index < -0.39 is 0 Å². The summed E-state index contributed by atoms with van der Waals surface area (Å²) in [6.45, 7) is 9.70. The van der Waals surface area contributed by atoms with E-state index in [9.17, 15) is 0 Å². The molecule has 1 saturated carbocycles. The van der Waals surface area contributed by atoms with E-state index in [1.807, 2.05) is 11.8 Å². The van der Waals surface area contributed by atoms with Crippen LogP contribution in [-0.4, -0.2) is 24.1 Å². The lowest BCUT2D eigenvalue weighted by Gasteiger charge is -2.09. The van der Waals surface area contributed by atoms with E-state index in [0.717, 1.165) is 24.3 Å². The summed E-state index contributed by atoms with van der Waals surface area (Å²) in [4.78, 5) is 0. The van der Waals surface area contributed by atoms with Crippen LogP contribution in [0.5, 0.6) is 0 Å². The second-order valence-electron chi connectivity index (χ2n) is 4.43. The third-order valence-electron chi connectivity index (χ3n) is 2.62. The summed E-state index contributed by atoms with van der Waals surface area (Å²) in [5.41, 5.74) is 1.35. The van der Waals surface area contributed by atoms with Gasteiger partial charge in [0, 0.05) is 18.3 Å².